The van der Waals surface area contributed by atoms with Crippen LogP contribution in [0.3, 0.4) is 0 Å². The highest BCUT2D eigenvalue weighted by atomic mass is 16.5. The van der Waals surface area contributed by atoms with Gasteiger partial charge in [-0.3, -0.25) is 0 Å². The highest BCUT2D eigenvalue weighted by Gasteiger charge is 2.31. The van der Waals surface area contributed by atoms with Gasteiger partial charge in [-0.15, -0.1) is 0 Å². The van der Waals surface area contributed by atoms with E-state index in [1.807, 2.05) is 0 Å². The largest absolute Gasteiger partial charge is 0.378 e. The van der Waals surface area contributed by atoms with Crippen LogP contribution in [0, 0.1) is 0 Å². The number of hydrogen-bond acceptors (Lipinski definition) is 3. The second-order valence-electron chi connectivity index (χ2n) is 5.97. The molecule has 2 saturated heterocycles. The van der Waals surface area contributed by atoms with Gasteiger partial charge in [-0.2, -0.15) is 0 Å². The Morgan fingerprint density at radius 1 is 1.33 bits per heavy atom. The Morgan fingerprint density at radius 3 is 2.83 bits per heavy atom. The first-order valence-electron chi connectivity index (χ1n) is 7.87. The highest BCUT2D eigenvalue weighted by Crippen LogP contribution is 2.21. The number of rotatable bonds is 6. The van der Waals surface area contributed by atoms with E-state index in [1.54, 1.807) is 0 Å². The van der Waals surface area contributed by atoms with Crippen LogP contribution in [-0.2, 0) is 4.74 Å². The molecule has 0 aromatic carbocycles. The topological polar surface area (TPSA) is 24.5 Å². The van der Waals surface area contributed by atoms with Crippen molar-refractivity contribution in [3.63, 3.8) is 0 Å². The lowest BCUT2D eigenvalue weighted by molar-refractivity contribution is 0.0890. The lowest BCUT2D eigenvalue weighted by atomic mass is 9.90. The van der Waals surface area contributed by atoms with Crippen molar-refractivity contribution in [3.05, 3.63) is 0 Å². The molecule has 0 bridgehead atoms. The molecule has 0 aliphatic carbocycles. The average molecular weight is 254 g/mol. The minimum Gasteiger partial charge on any atom is -0.378 e. The lowest BCUT2D eigenvalue weighted by Crippen LogP contribution is -2.59. The molecule has 18 heavy (non-hydrogen) atoms. The maximum atomic E-state index is 5.69. The normalized spacial score (nSPS) is 28.7. The summed E-state index contributed by atoms with van der Waals surface area (Å²) in [6.45, 7) is 10.5. The number of nitrogens with zero attached hydrogens (tertiary/aromatic N) is 1. The first kappa shape index (κ1) is 14.3. The van der Waals surface area contributed by atoms with E-state index in [2.05, 4.69) is 24.1 Å². The van der Waals surface area contributed by atoms with Crippen LogP contribution in [0.4, 0.5) is 0 Å². The third-order valence-electron chi connectivity index (χ3n) is 4.83. The van der Waals surface area contributed by atoms with E-state index in [1.165, 1.54) is 58.2 Å². The molecule has 1 atom stereocenters. The minimum absolute atomic E-state index is 0.377. The van der Waals surface area contributed by atoms with Crippen LogP contribution in [0.15, 0.2) is 0 Å². The van der Waals surface area contributed by atoms with Crippen molar-refractivity contribution in [2.75, 3.05) is 32.8 Å². The van der Waals surface area contributed by atoms with Gasteiger partial charge in [0.25, 0.3) is 0 Å². The van der Waals surface area contributed by atoms with Gasteiger partial charge >= 0.3 is 0 Å². The van der Waals surface area contributed by atoms with Gasteiger partial charge in [-0.05, 0) is 45.1 Å². The molecule has 1 N–H and O–H groups in total. The van der Waals surface area contributed by atoms with Crippen molar-refractivity contribution in [3.8, 4) is 0 Å². The molecule has 2 rings (SSSR count). The van der Waals surface area contributed by atoms with Crippen LogP contribution in [-0.4, -0.2) is 49.3 Å². The molecule has 0 amide bonds. The van der Waals surface area contributed by atoms with Gasteiger partial charge in [0.05, 0.1) is 6.10 Å². The van der Waals surface area contributed by atoms with Crippen LogP contribution in [0.25, 0.3) is 0 Å². The van der Waals surface area contributed by atoms with Crippen LogP contribution in [0.2, 0.25) is 0 Å². The average Bonchev–Trinajstić information content (AvgIpc) is 2.92. The van der Waals surface area contributed by atoms with Gasteiger partial charge in [-0.1, -0.05) is 13.8 Å². The first-order valence-corrected chi connectivity index (χ1v) is 7.87. The van der Waals surface area contributed by atoms with Crippen molar-refractivity contribution in [1.82, 2.24) is 10.2 Å². The zero-order chi connectivity index (χ0) is 12.8. The van der Waals surface area contributed by atoms with E-state index < -0.39 is 0 Å². The Kier molecular flexibility index (Phi) is 5.46. The summed E-state index contributed by atoms with van der Waals surface area (Å²) in [7, 11) is 0. The maximum Gasteiger partial charge on any atom is 0.0576 e. The fourth-order valence-corrected chi connectivity index (χ4v) is 3.37. The molecule has 0 aromatic heterocycles. The molecule has 2 fully saturated rings. The number of piperazine rings is 1. The van der Waals surface area contributed by atoms with Crippen molar-refractivity contribution in [2.24, 2.45) is 0 Å². The van der Waals surface area contributed by atoms with Gasteiger partial charge in [-0.25, -0.2) is 0 Å². The second-order valence-corrected chi connectivity index (χ2v) is 5.97. The van der Waals surface area contributed by atoms with Crippen molar-refractivity contribution < 1.29 is 4.74 Å². The zero-order valence-electron chi connectivity index (χ0n) is 12.2. The highest BCUT2D eigenvalue weighted by molar-refractivity contribution is 4.92. The van der Waals surface area contributed by atoms with Crippen molar-refractivity contribution >= 4 is 0 Å². The predicted octanol–water partition coefficient (Wildman–Crippen LogP) is 2.41. The smallest absolute Gasteiger partial charge is 0.0576 e. The molecule has 2 aliphatic rings. The zero-order valence-corrected chi connectivity index (χ0v) is 12.2. The van der Waals surface area contributed by atoms with Gasteiger partial charge in [0.1, 0.15) is 0 Å². The molecule has 0 radical (unpaired) electrons. The standard InChI is InChI=1S/C15H30N2O/c1-3-15(4-2)13-17(11-9-16-15)10-5-7-14-8-6-12-18-14/h14,16H,3-13H2,1-2H3. The SMILES string of the molecule is CCC1(CC)CN(CCCC2CCCO2)CCN1. The van der Waals surface area contributed by atoms with E-state index in [0.29, 0.717) is 11.6 Å². The number of nitrogens with one attached hydrogen (secondary N) is 1. The number of ether oxygens (including phenoxy) is 1. The summed E-state index contributed by atoms with van der Waals surface area (Å²) in [4.78, 5) is 2.65. The molecule has 0 saturated carbocycles. The Morgan fingerprint density at radius 2 is 2.17 bits per heavy atom. The van der Waals surface area contributed by atoms with Crippen molar-refractivity contribution in [1.29, 1.82) is 0 Å². The Hall–Kier alpha value is -0.120. The summed E-state index contributed by atoms with van der Waals surface area (Å²) in [5.41, 5.74) is 0.377. The molecule has 106 valence electrons. The van der Waals surface area contributed by atoms with E-state index >= 15 is 0 Å². The van der Waals surface area contributed by atoms with Crippen LogP contribution >= 0.6 is 0 Å². The summed E-state index contributed by atoms with van der Waals surface area (Å²) in [5, 5.41) is 3.73. The molecule has 0 aromatic rings. The summed E-state index contributed by atoms with van der Waals surface area (Å²) in [6.07, 6.45) is 8.17. The van der Waals surface area contributed by atoms with Crippen LogP contribution < -0.4 is 5.32 Å². The molecule has 2 aliphatic heterocycles. The molecule has 1 unspecified atom stereocenters. The van der Waals surface area contributed by atoms with E-state index in [0.717, 1.165) is 13.2 Å². The summed E-state index contributed by atoms with van der Waals surface area (Å²) >= 11 is 0. The van der Waals surface area contributed by atoms with Gasteiger partial charge < -0.3 is 15.0 Å². The van der Waals surface area contributed by atoms with Gasteiger partial charge in [0.2, 0.25) is 0 Å². The van der Waals surface area contributed by atoms with Gasteiger partial charge in [0.15, 0.2) is 0 Å². The van der Waals surface area contributed by atoms with Crippen LogP contribution in [0.5, 0.6) is 0 Å². The monoisotopic (exact) mass is 254 g/mol. The summed E-state index contributed by atoms with van der Waals surface area (Å²) in [5.74, 6) is 0. The molecule has 3 heteroatoms. The fourth-order valence-electron chi connectivity index (χ4n) is 3.37. The second kappa shape index (κ2) is 6.88. The quantitative estimate of drug-likeness (QED) is 0.788. The predicted molar refractivity (Wildman–Crippen MR) is 76.0 cm³/mol. The van der Waals surface area contributed by atoms with E-state index in [9.17, 15) is 0 Å². The Balaban J connectivity index is 1.68. The third kappa shape index (κ3) is 3.69. The van der Waals surface area contributed by atoms with Gasteiger partial charge in [0, 0.05) is 31.8 Å². The third-order valence-corrected chi connectivity index (χ3v) is 4.83. The first-order chi connectivity index (χ1) is 8.78. The van der Waals surface area contributed by atoms with Crippen molar-refractivity contribution in [2.45, 2.75) is 64.0 Å². The molecule has 3 nitrogen and oxygen atoms in total. The molecule has 0 spiro atoms. The Bertz CT molecular complexity index is 235. The van der Waals surface area contributed by atoms with E-state index in [4.69, 9.17) is 4.74 Å². The number of hydrogen-bond donors (Lipinski definition) is 1. The van der Waals surface area contributed by atoms with E-state index in [-0.39, 0.29) is 0 Å². The summed E-state index contributed by atoms with van der Waals surface area (Å²) < 4.78 is 5.69. The maximum absolute atomic E-state index is 5.69. The molecular weight excluding hydrogens is 224 g/mol. The van der Waals surface area contributed by atoms with Crippen LogP contribution in [0.1, 0.15) is 52.4 Å². The lowest BCUT2D eigenvalue weighted by Gasteiger charge is -2.43. The molecule has 2 heterocycles. The summed E-state index contributed by atoms with van der Waals surface area (Å²) in [6, 6.07) is 0. The Labute approximate surface area is 112 Å². The minimum atomic E-state index is 0.377. The molecular formula is C15H30N2O. The fraction of sp³-hybridized carbons (Fsp3) is 1.00.